The van der Waals surface area contributed by atoms with Crippen LogP contribution in [0, 0.1) is 0 Å². The minimum atomic E-state index is -3.68. The van der Waals surface area contributed by atoms with Crippen molar-refractivity contribution in [1.29, 1.82) is 0 Å². The van der Waals surface area contributed by atoms with Crippen molar-refractivity contribution in [3.8, 4) is 0 Å². The van der Waals surface area contributed by atoms with E-state index in [0.717, 1.165) is 38.4 Å². The Labute approximate surface area is 175 Å². The number of rotatable bonds is 7. The number of thiophene rings is 1. The van der Waals surface area contributed by atoms with E-state index in [2.05, 4.69) is 38.0 Å². The first kappa shape index (κ1) is 21.7. The Kier molecular flexibility index (Phi) is 7.62. The maximum Gasteiger partial charge on any atom is 0.238 e. The lowest BCUT2D eigenvalue weighted by Crippen LogP contribution is -2.46. The second-order valence-corrected chi connectivity index (χ2v) is 9.22. The van der Waals surface area contributed by atoms with Crippen LogP contribution in [0.1, 0.15) is 16.5 Å². The summed E-state index contributed by atoms with van der Waals surface area (Å²) in [7, 11) is -1.94. The number of nitrogens with zero attached hydrogens (tertiary/aromatic N) is 2. The summed E-state index contributed by atoms with van der Waals surface area (Å²) in [6.45, 7) is 4.57. The molecule has 8 nitrogen and oxygen atoms in total. The summed E-state index contributed by atoms with van der Waals surface area (Å²) in [5.74, 6) is 0.690. The molecule has 2 heterocycles. The number of morpholine rings is 1. The van der Waals surface area contributed by atoms with Crippen LogP contribution in [0.25, 0.3) is 0 Å². The third-order valence-electron chi connectivity index (χ3n) is 4.76. The average molecular weight is 438 g/mol. The number of benzene rings is 1. The monoisotopic (exact) mass is 437 g/mol. The molecule has 1 aromatic heterocycles. The standard InChI is InChI=1S/C19H27N5O3S2/c1-21-19(22-13-15-4-6-16(7-5-15)29(20,25)26)23-14-17(18-3-2-12-28-18)24-8-10-27-11-9-24/h2-7,12,17H,8-11,13-14H2,1H3,(H2,20,25,26)(H2,21,22,23). The minimum absolute atomic E-state index is 0.105. The first-order valence-electron chi connectivity index (χ1n) is 9.39. The van der Waals surface area contributed by atoms with Gasteiger partial charge in [-0.05, 0) is 29.1 Å². The summed E-state index contributed by atoms with van der Waals surface area (Å²) >= 11 is 1.76. The number of hydrogen-bond acceptors (Lipinski definition) is 6. The largest absolute Gasteiger partial charge is 0.379 e. The van der Waals surface area contributed by atoms with Gasteiger partial charge in [-0.15, -0.1) is 11.3 Å². The van der Waals surface area contributed by atoms with Gasteiger partial charge in [0.2, 0.25) is 10.0 Å². The van der Waals surface area contributed by atoms with Crippen molar-refractivity contribution in [3.63, 3.8) is 0 Å². The Morgan fingerprint density at radius 2 is 1.97 bits per heavy atom. The van der Waals surface area contributed by atoms with Gasteiger partial charge >= 0.3 is 0 Å². The summed E-state index contributed by atoms with van der Waals surface area (Å²) < 4.78 is 28.2. The maximum atomic E-state index is 11.4. The lowest BCUT2D eigenvalue weighted by atomic mass is 10.2. The second-order valence-electron chi connectivity index (χ2n) is 6.68. The van der Waals surface area contributed by atoms with Crippen molar-refractivity contribution in [1.82, 2.24) is 15.5 Å². The van der Waals surface area contributed by atoms with Crippen LogP contribution >= 0.6 is 11.3 Å². The van der Waals surface area contributed by atoms with Crippen molar-refractivity contribution >= 4 is 27.3 Å². The first-order chi connectivity index (χ1) is 14.0. The van der Waals surface area contributed by atoms with Gasteiger partial charge in [0, 0.05) is 38.1 Å². The highest BCUT2D eigenvalue weighted by Gasteiger charge is 2.23. The second kappa shape index (κ2) is 10.2. The van der Waals surface area contributed by atoms with Gasteiger partial charge in [0.15, 0.2) is 5.96 Å². The quantitative estimate of drug-likeness (QED) is 0.443. The molecule has 1 unspecified atom stereocenters. The molecule has 0 spiro atoms. The molecule has 10 heteroatoms. The van der Waals surface area contributed by atoms with Crippen molar-refractivity contribution in [2.45, 2.75) is 17.5 Å². The smallest absolute Gasteiger partial charge is 0.238 e. The molecule has 2 aromatic rings. The Hall–Kier alpha value is -1.98. The highest BCUT2D eigenvalue weighted by atomic mass is 32.2. The minimum Gasteiger partial charge on any atom is -0.379 e. The number of aliphatic imine (C=N–C) groups is 1. The van der Waals surface area contributed by atoms with Gasteiger partial charge in [-0.3, -0.25) is 9.89 Å². The zero-order chi connectivity index (χ0) is 20.7. The van der Waals surface area contributed by atoms with E-state index >= 15 is 0 Å². The van der Waals surface area contributed by atoms with Gasteiger partial charge in [0.05, 0.1) is 24.2 Å². The van der Waals surface area contributed by atoms with Gasteiger partial charge in [-0.1, -0.05) is 18.2 Å². The number of nitrogens with one attached hydrogen (secondary N) is 2. The Morgan fingerprint density at radius 1 is 1.24 bits per heavy atom. The van der Waals surface area contributed by atoms with E-state index < -0.39 is 10.0 Å². The fourth-order valence-electron chi connectivity index (χ4n) is 3.18. The van der Waals surface area contributed by atoms with E-state index in [9.17, 15) is 8.42 Å². The predicted molar refractivity (Wildman–Crippen MR) is 115 cm³/mol. The summed E-state index contributed by atoms with van der Waals surface area (Å²) in [5, 5.41) is 13.9. The highest BCUT2D eigenvalue weighted by molar-refractivity contribution is 7.89. The molecule has 0 bridgehead atoms. The average Bonchev–Trinajstić information content (AvgIpc) is 3.25. The normalized spacial score (nSPS) is 17.1. The summed E-state index contributed by atoms with van der Waals surface area (Å²) in [4.78, 5) is 8.15. The van der Waals surface area contributed by atoms with Crippen LogP contribution in [0.4, 0.5) is 0 Å². The van der Waals surface area contributed by atoms with Gasteiger partial charge in [-0.25, -0.2) is 13.6 Å². The molecular formula is C19H27N5O3S2. The molecule has 3 rings (SSSR count). The van der Waals surface area contributed by atoms with Crippen LogP contribution in [0.5, 0.6) is 0 Å². The topological polar surface area (TPSA) is 109 Å². The fraction of sp³-hybridized carbons (Fsp3) is 0.421. The zero-order valence-electron chi connectivity index (χ0n) is 16.4. The molecule has 158 valence electrons. The summed E-state index contributed by atoms with van der Waals surface area (Å²) in [6.07, 6.45) is 0. The van der Waals surface area contributed by atoms with Gasteiger partial charge in [0.25, 0.3) is 0 Å². The molecule has 0 aliphatic carbocycles. The first-order valence-corrected chi connectivity index (χ1v) is 11.8. The SMILES string of the molecule is CN=C(NCc1ccc(S(N)(=O)=O)cc1)NCC(c1cccs1)N1CCOCC1. The number of nitrogens with two attached hydrogens (primary N) is 1. The predicted octanol–water partition coefficient (Wildman–Crippen LogP) is 1.13. The number of guanidine groups is 1. The Morgan fingerprint density at radius 3 is 2.55 bits per heavy atom. The van der Waals surface area contributed by atoms with E-state index in [0.29, 0.717) is 12.5 Å². The Bertz CT molecular complexity index is 892. The molecule has 0 amide bonds. The molecule has 1 fully saturated rings. The van der Waals surface area contributed by atoms with Crippen molar-refractivity contribution < 1.29 is 13.2 Å². The van der Waals surface area contributed by atoms with E-state index in [1.807, 2.05) is 0 Å². The molecule has 4 N–H and O–H groups in total. The van der Waals surface area contributed by atoms with Gasteiger partial charge in [-0.2, -0.15) is 0 Å². The van der Waals surface area contributed by atoms with E-state index in [4.69, 9.17) is 9.88 Å². The zero-order valence-corrected chi connectivity index (χ0v) is 18.0. The van der Waals surface area contributed by atoms with Crippen molar-refractivity contribution in [2.24, 2.45) is 10.1 Å². The fourth-order valence-corrected chi connectivity index (χ4v) is 4.55. The number of sulfonamides is 1. The molecule has 0 saturated carbocycles. The summed E-state index contributed by atoms with van der Waals surface area (Å²) in [5.41, 5.74) is 0.934. The van der Waals surface area contributed by atoms with Crippen LogP contribution in [-0.2, 0) is 21.3 Å². The molecule has 29 heavy (non-hydrogen) atoms. The lowest BCUT2D eigenvalue weighted by Gasteiger charge is -2.34. The van der Waals surface area contributed by atoms with Crippen molar-refractivity contribution in [2.75, 3.05) is 39.9 Å². The lowest BCUT2D eigenvalue weighted by molar-refractivity contribution is 0.0177. The molecule has 1 aromatic carbocycles. The maximum absolute atomic E-state index is 11.4. The van der Waals surface area contributed by atoms with Crippen LogP contribution in [0.2, 0.25) is 0 Å². The van der Waals surface area contributed by atoms with Gasteiger partial charge < -0.3 is 15.4 Å². The number of hydrogen-bond donors (Lipinski definition) is 3. The molecule has 1 saturated heterocycles. The van der Waals surface area contributed by atoms with Crippen LogP contribution < -0.4 is 15.8 Å². The van der Waals surface area contributed by atoms with E-state index in [1.165, 1.54) is 17.0 Å². The third kappa shape index (κ3) is 6.25. The third-order valence-corrected chi connectivity index (χ3v) is 6.66. The molecule has 1 atom stereocenters. The van der Waals surface area contributed by atoms with Crippen LogP contribution in [0.3, 0.4) is 0 Å². The van der Waals surface area contributed by atoms with Gasteiger partial charge in [0.1, 0.15) is 0 Å². The van der Waals surface area contributed by atoms with Crippen molar-refractivity contribution in [3.05, 3.63) is 52.2 Å². The molecular weight excluding hydrogens is 410 g/mol. The van der Waals surface area contributed by atoms with Crippen LogP contribution in [-0.4, -0.2) is 59.2 Å². The highest BCUT2D eigenvalue weighted by Crippen LogP contribution is 2.25. The molecule has 1 aliphatic rings. The van der Waals surface area contributed by atoms with E-state index in [1.54, 1.807) is 30.5 Å². The molecule has 1 aliphatic heterocycles. The van der Waals surface area contributed by atoms with Crippen LogP contribution in [0.15, 0.2) is 51.7 Å². The van der Waals surface area contributed by atoms with E-state index in [-0.39, 0.29) is 10.9 Å². The number of ether oxygens (including phenoxy) is 1. The summed E-state index contributed by atoms with van der Waals surface area (Å²) in [6, 6.07) is 11.0. The number of primary sulfonamides is 1. The Balaban J connectivity index is 1.57. The molecule has 0 radical (unpaired) electrons.